The number of nitroso groups, excluding NO2 is 1. The minimum absolute atomic E-state index is 0.00440. The van der Waals surface area contributed by atoms with E-state index in [-0.39, 0.29) is 53.8 Å². The molecule has 0 saturated heterocycles. The molecule has 228 valence electrons. The fraction of sp³-hybridized carbons (Fsp3) is 0.552. The molecule has 0 bridgehead atoms. The Morgan fingerprint density at radius 1 is 1.14 bits per heavy atom. The largest absolute Gasteiger partial charge is 0.508 e. The summed E-state index contributed by atoms with van der Waals surface area (Å²) in [6.45, 7) is 6.00. The van der Waals surface area contributed by atoms with Crippen LogP contribution in [-0.4, -0.2) is 94.2 Å². The van der Waals surface area contributed by atoms with Crippen molar-refractivity contribution in [3.8, 4) is 5.75 Å². The number of likely N-dealkylation sites (N-methyl/N-ethyl adjacent to an activating group) is 1. The van der Waals surface area contributed by atoms with E-state index in [4.69, 9.17) is 5.73 Å². The summed E-state index contributed by atoms with van der Waals surface area (Å²) in [7, 11) is 6.65. The molecule has 0 aliphatic heterocycles. The van der Waals surface area contributed by atoms with Crippen molar-refractivity contribution in [2.24, 2.45) is 28.3 Å². The van der Waals surface area contributed by atoms with Crippen molar-refractivity contribution < 1.29 is 34.8 Å². The number of hydrogen-bond acceptors (Lipinski definition) is 11. The van der Waals surface area contributed by atoms with E-state index in [1.54, 1.807) is 39.2 Å². The molecule has 1 aromatic rings. The van der Waals surface area contributed by atoms with Crippen LogP contribution in [-0.2, 0) is 27.3 Å². The Morgan fingerprint density at radius 3 is 2.26 bits per heavy atom. The number of rotatable bonds is 7. The molecule has 0 unspecified atom stereocenters. The lowest BCUT2D eigenvalue weighted by molar-refractivity contribution is -0.153. The Hall–Kier alpha value is -3.97. The summed E-state index contributed by atoms with van der Waals surface area (Å²) in [5.74, 6) is -7.10. The molecule has 3 aliphatic rings. The second-order valence-electron chi connectivity index (χ2n) is 13.1. The van der Waals surface area contributed by atoms with Crippen LogP contribution in [0.25, 0.3) is 5.76 Å². The predicted molar refractivity (Wildman–Crippen MR) is 154 cm³/mol. The number of amides is 1. The van der Waals surface area contributed by atoms with Gasteiger partial charge in [0, 0.05) is 43.4 Å². The topological polar surface area (TPSA) is 197 Å². The van der Waals surface area contributed by atoms with Gasteiger partial charge in [-0.25, -0.2) is 0 Å². The van der Waals surface area contributed by atoms with E-state index in [0.717, 1.165) is 0 Å². The summed E-state index contributed by atoms with van der Waals surface area (Å²) in [5.41, 5.74) is 2.68. The second kappa shape index (κ2) is 10.4. The summed E-state index contributed by atoms with van der Waals surface area (Å²) in [6, 6.07) is 0.547. The number of ketones is 2. The van der Waals surface area contributed by atoms with Crippen LogP contribution in [0.5, 0.6) is 5.75 Å². The second-order valence-corrected chi connectivity index (χ2v) is 13.1. The number of aliphatic hydroxyl groups is 3. The highest BCUT2D eigenvalue weighted by Crippen LogP contribution is 2.54. The Morgan fingerprint density at radius 2 is 1.76 bits per heavy atom. The molecule has 42 heavy (non-hydrogen) atoms. The van der Waals surface area contributed by atoms with Gasteiger partial charge in [-0.3, -0.25) is 24.3 Å². The van der Waals surface area contributed by atoms with Crippen LogP contribution in [0.15, 0.2) is 28.3 Å². The van der Waals surface area contributed by atoms with E-state index in [0.29, 0.717) is 11.3 Å². The zero-order valence-electron chi connectivity index (χ0n) is 24.9. The molecule has 13 heteroatoms. The number of primary amides is 1. The van der Waals surface area contributed by atoms with Crippen LogP contribution >= 0.6 is 0 Å². The molecule has 0 aromatic heterocycles. The molecule has 0 spiro atoms. The number of phenolic OH excluding ortho intramolecular Hbond substituents is 1. The Kier molecular flexibility index (Phi) is 7.66. The van der Waals surface area contributed by atoms with Crippen LogP contribution in [0.1, 0.15) is 43.9 Å². The van der Waals surface area contributed by atoms with Gasteiger partial charge in [0.15, 0.2) is 11.4 Å². The maximum Gasteiger partial charge on any atom is 0.255 e. The lowest BCUT2D eigenvalue weighted by Crippen LogP contribution is -2.65. The fourth-order valence-electron chi connectivity index (χ4n) is 6.72. The first-order valence-corrected chi connectivity index (χ1v) is 13.6. The lowest BCUT2D eigenvalue weighted by atomic mass is 9.57. The average Bonchev–Trinajstić information content (AvgIpc) is 2.85. The Bertz CT molecular complexity index is 1440. The van der Waals surface area contributed by atoms with Gasteiger partial charge in [-0.15, -0.1) is 4.91 Å². The van der Waals surface area contributed by atoms with E-state index in [9.17, 15) is 39.7 Å². The number of benzene rings is 1. The molecular formula is C29H39N5O8. The van der Waals surface area contributed by atoms with E-state index in [2.05, 4.69) is 5.29 Å². The number of nitrogens with zero attached hydrogens (tertiary/aromatic N) is 4. The van der Waals surface area contributed by atoms with Crippen LogP contribution < -0.4 is 10.6 Å². The normalized spacial score (nSPS) is 25.7. The zero-order valence-corrected chi connectivity index (χ0v) is 24.9. The first-order chi connectivity index (χ1) is 19.4. The number of carbonyl (C=O) groups is 3. The van der Waals surface area contributed by atoms with Gasteiger partial charge in [0.2, 0.25) is 5.78 Å². The number of phenols is 1. The number of aromatic hydroxyl groups is 1. The summed E-state index contributed by atoms with van der Waals surface area (Å²) in [6.07, 6.45) is 0.156. The van der Waals surface area contributed by atoms with Crippen molar-refractivity contribution in [2.45, 2.75) is 51.8 Å². The van der Waals surface area contributed by atoms with E-state index in [1.807, 2.05) is 20.8 Å². The van der Waals surface area contributed by atoms with Crippen molar-refractivity contribution in [1.29, 1.82) is 0 Å². The third kappa shape index (κ3) is 4.70. The van der Waals surface area contributed by atoms with Crippen molar-refractivity contribution in [1.82, 2.24) is 9.91 Å². The van der Waals surface area contributed by atoms with Gasteiger partial charge < -0.3 is 31.1 Å². The molecule has 6 N–H and O–H groups in total. The van der Waals surface area contributed by atoms with Crippen LogP contribution in [0.4, 0.5) is 5.69 Å². The summed E-state index contributed by atoms with van der Waals surface area (Å²) in [4.78, 5) is 54.4. The first kappa shape index (κ1) is 31.0. The molecule has 4 atom stereocenters. The van der Waals surface area contributed by atoms with Gasteiger partial charge in [-0.2, -0.15) is 0 Å². The van der Waals surface area contributed by atoms with E-state index < -0.39 is 58.0 Å². The molecule has 1 amide bonds. The molecule has 13 nitrogen and oxygen atoms in total. The number of carbonyl (C=O) groups excluding carboxylic acids is 3. The molecular weight excluding hydrogens is 546 g/mol. The molecule has 4 rings (SSSR count). The highest BCUT2D eigenvalue weighted by Gasteiger charge is 2.64. The van der Waals surface area contributed by atoms with Gasteiger partial charge in [-0.1, -0.05) is 20.8 Å². The zero-order chi connectivity index (χ0) is 31.6. The van der Waals surface area contributed by atoms with E-state index in [1.165, 1.54) is 9.91 Å². The maximum atomic E-state index is 14.1. The monoisotopic (exact) mass is 585 g/mol. The number of anilines is 1. The summed E-state index contributed by atoms with van der Waals surface area (Å²) >= 11 is 0. The smallest absolute Gasteiger partial charge is 0.255 e. The number of aliphatic hydroxyl groups excluding tert-OH is 2. The van der Waals surface area contributed by atoms with Crippen LogP contribution in [0.3, 0.4) is 0 Å². The van der Waals surface area contributed by atoms with Crippen molar-refractivity contribution >= 4 is 28.9 Å². The number of Topliss-reactive ketones (excluding diaryl/α,β-unsaturated/α-hetero) is 2. The van der Waals surface area contributed by atoms with Gasteiger partial charge in [-0.05, 0) is 49.9 Å². The quantitative estimate of drug-likeness (QED) is 0.177. The fourth-order valence-corrected chi connectivity index (χ4v) is 6.72. The first-order valence-electron chi connectivity index (χ1n) is 13.6. The van der Waals surface area contributed by atoms with E-state index >= 15 is 0 Å². The summed E-state index contributed by atoms with van der Waals surface area (Å²) in [5, 5.41) is 50.2. The highest BCUT2D eigenvalue weighted by molar-refractivity contribution is 6.24. The van der Waals surface area contributed by atoms with Crippen molar-refractivity contribution in [3.05, 3.63) is 44.6 Å². The molecule has 1 aromatic carbocycles. The van der Waals surface area contributed by atoms with Crippen LogP contribution in [0, 0.1) is 22.2 Å². The SMILES string of the molecule is CN(C)c1cc(CN(CC(C)(C)C)N=O)c(O)c2c1C[C@H]1C[C@H]3[C@H](N(C)C)C(=O)C(C(N)=O)=C(O)[C@@]3(O)C(=O)C1=C2O. The van der Waals surface area contributed by atoms with Gasteiger partial charge in [0.25, 0.3) is 5.91 Å². The predicted octanol–water partition coefficient (Wildman–Crippen LogP) is 1.56. The highest BCUT2D eigenvalue weighted by atomic mass is 16.3. The molecule has 3 aliphatic carbocycles. The molecule has 0 heterocycles. The molecule has 1 fully saturated rings. The van der Waals surface area contributed by atoms with Gasteiger partial charge in [0.1, 0.15) is 22.8 Å². The maximum absolute atomic E-state index is 14.1. The Labute approximate surface area is 243 Å². The molecule has 1 saturated carbocycles. The Balaban J connectivity index is 1.94. The van der Waals surface area contributed by atoms with Crippen molar-refractivity contribution in [3.63, 3.8) is 0 Å². The van der Waals surface area contributed by atoms with Gasteiger partial charge >= 0.3 is 0 Å². The molecule has 0 radical (unpaired) electrons. The van der Waals surface area contributed by atoms with Crippen molar-refractivity contribution in [2.75, 3.05) is 39.6 Å². The summed E-state index contributed by atoms with van der Waals surface area (Å²) < 4.78 is 0. The number of fused-ring (bicyclic) bond motifs is 3. The minimum atomic E-state index is -2.72. The number of nitrogens with two attached hydrogens (primary N) is 1. The van der Waals surface area contributed by atoms with Crippen LogP contribution in [0.2, 0.25) is 0 Å². The number of hydrogen-bond donors (Lipinski definition) is 5. The lowest BCUT2D eigenvalue weighted by Gasteiger charge is -2.50. The van der Waals surface area contributed by atoms with Gasteiger partial charge in [0.05, 0.1) is 23.4 Å². The third-order valence-electron chi connectivity index (χ3n) is 8.38. The average molecular weight is 586 g/mol. The standard InChI is InChI=1S/C29H39N5O8/c1-28(2,3)12-34(31-42)11-14-10-17(32(4)5)15-8-13-9-16-21(33(6)7)24(37)20(27(30)40)26(39)29(16,41)25(38)18(13)23(36)19(15)22(14)35/h10,13,16,21,35-36,39,41H,8-9,11-12H2,1-7H3,(H2,30,40)/t13-,16-,21-,29-/m0/s1. The minimum Gasteiger partial charge on any atom is -0.508 e. The third-order valence-corrected chi connectivity index (χ3v) is 8.38.